The summed E-state index contributed by atoms with van der Waals surface area (Å²) >= 11 is 0. The molecule has 0 fully saturated rings. The van der Waals surface area contributed by atoms with E-state index in [4.69, 9.17) is 5.14 Å². The zero-order valence-corrected chi connectivity index (χ0v) is 15.8. The number of benzene rings is 2. The molecular formula is C17H18N4O4S2. The van der Waals surface area contributed by atoms with Gasteiger partial charge in [-0.05, 0) is 48.4 Å². The summed E-state index contributed by atoms with van der Waals surface area (Å²) in [7, 11) is -7.61. The third kappa shape index (κ3) is 4.80. The highest BCUT2D eigenvalue weighted by atomic mass is 32.2. The van der Waals surface area contributed by atoms with Crippen molar-refractivity contribution in [2.45, 2.75) is 16.2 Å². The maximum Gasteiger partial charge on any atom is 0.240 e. The zero-order valence-electron chi connectivity index (χ0n) is 14.2. The van der Waals surface area contributed by atoms with Gasteiger partial charge < -0.3 is 0 Å². The molecule has 27 heavy (non-hydrogen) atoms. The first-order valence-electron chi connectivity index (χ1n) is 7.97. The molecule has 3 rings (SSSR count). The number of hydrogen-bond donors (Lipinski definition) is 2. The Morgan fingerprint density at radius 2 is 1.56 bits per heavy atom. The Labute approximate surface area is 157 Å². The van der Waals surface area contributed by atoms with Gasteiger partial charge in [0.2, 0.25) is 20.0 Å². The fraction of sp³-hybridized carbons (Fsp3) is 0.118. The van der Waals surface area contributed by atoms with Gasteiger partial charge in [0.15, 0.2) is 0 Å². The summed E-state index contributed by atoms with van der Waals surface area (Å²) in [5.74, 6) is 0. The Kier molecular flexibility index (Phi) is 5.42. The van der Waals surface area contributed by atoms with Gasteiger partial charge in [0.05, 0.1) is 21.7 Å². The average Bonchev–Trinajstić information content (AvgIpc) is 3.11. The van der Waals surface area contributed by atoms with Crippen LogP contribution in [-0.2, 0) is 26.5 Å². The molecular weight excluding hydrogens is 388 g/mol. The van der Waals surface area contributed by atoms with E-state index in [1.807, 2.05) is 36.5 Å². The van der Waals surface area contributed by atoms with Gasteiger partial charge in [-0.3, -0.25) is 0 Å². The van der Waals surface area contributed by atoms with Crippen LogP contribution in [0.25, 0.3) is 5.69 Å². The zero-order chi connectivity index (χ0) is 19.5. The van der Waals surface area contributed by atoms with Crippen LogP contribution in [0.2, 0.25) is 0 Å². The first-order chi connectivity index (χ1) is 12.8. The van der Waals surface area contributed by atoms with Crippen LogP contribution in [0.3, 0.4) is 0 Å². The van der Waals surface area contributed by atoms with Crippen molar-refractivity contribution >= 4 is 20.0 Å². The van der Waals surface area contributed by atoms with E-state index in [-0.39, 0.29) is 16.3 Å². The molecule has 142 valence electrons. The first kappa shape index (κ1) is 19.2. The lowest BCUT2D eigenvalue weighted by Gasteiger charge is -2.07. The lowest BCUT2D eigenvalue weighted by molar-refractivity contribution is 0.580. The van der Waals surface area contributed by atoms with E-state index in [0.29, 0.717) is 6.42 Å². The summed E-state index contributed by atoms with van der Waals surface area (Å²) in [6.45, 7) is 0.180. The maximum absolute atomic E-state index is 12.3. The van der Waals surface area contributed by atoms with Gasteiger partial charge in [-0.1, -0.05) is 18.2 Å². The molecule has 1 heterocycles. The molecule has 8 nitrogen and oxygen atoms in total. The van der Waals surface area contributed by atoms with E-state index in [0.717, 1.165) is 23.4 Å². The molecule has 0 aliphatic heterocycles. The van der Waals surface area contributed by atoms with Crippen LogP contribution in [0.1, 0.15) is 5.56 Å². The quantitative estimate of drug-likeness (QED) is 0.607. The van der Waals surface area contributed by atoms with E-state index in [9.17, 15) is 16.8 Å². The Morgan fingerprint density at radius 1 is 0.926 bits per heavy atom. The summed E-state index contributed by atoms with van der Waals surface area (Å²) in [4.78, 5) is -0.176. The van der Waals surface area contributed by atoms with E-state index < -0.39 is 20.0 Å². The second-order valence-electron chi connectivity index (χ2n) is 5.79. The van der Waals surface area contributed by atoms with Crippen molar-refractivity contribution in [3.05, 3.63) is 72.6 Å². The Balaban J connectivity index is 1.62. The van der Waals surface area contributed by atoms with E-state index >= 15 is 0 Å². The number of nitrogens with zero attached hydrogens (tertiary/aromatic N) is 2. The largest absolute Gasteiger partial charge is 0.241 e. The van der Waals surface area contributed by atoms with Crippen molar-refractivity contribution in [2.24, 2.45) is 5.14 Å². The van der Waals surface area contributed by atoms with E-state index in [1.54, 1.807) is 10.9 Å². The number of hydrogen-bond acceptors (Lipinski definition) is 5. The minimum Gasteiger partial charge on any atom is -0.241 e. The molecule has 1 aromatic heterocycles. The third-order valence-electron chi connectivity index (χ3n) is 3.83. The molecule has 0 bridgehead atoms. The van der Waals surface area contributed by atoms with Crippen LogP contribution in [-0.4, -0.2) is 33.2 Å². The van der Waals surface area contributed by atoms with Gasteiger partial charge in [0.25, 0.3) is 0 Å². The molecule has 0 saturated carbocycles. The molecule has 0 saturated heterocycles. The van der Waals surface area contributed by atoms with Crippen molar-refractivity contribution in [1.82, 2.24) is 14.5 Å². The number of sulfonamides is 2. The summed E-state index contributed by atoms with van der Waals surface area (Å²) < 4.78 is 51.3. The van der Waals surface area contributed by atoms with Gasteiger partial charge in [-0.15, -0.1) is 0 Å². The fourth-order valence-electron chi connectivity index (χ4n) is 2.43. The summed E-state index contributed by atoms with van der Waals surface area (Å²) in [6, 6.07) is 14.3. The molecule has 2 aromatic carbocycles. The SMILES string of the molecule is NS(=O)(=O)c1ccc(S(=O)(=O)NCCc2cnn(-c3ccccc3)c2)cc1. The van der Waals surface area contributed by atoms with Gasteiger partial charge in [0, 0.05) is 12.7 Å². The van der Waals surface area contributed by atoms with Crippen molar-refractivity contribution in [3.8, 4) is 5.69 Å². The second kappa shape index (κ2) is 7.61. The van der Waals surface area contributed by atoms with Crippen LogP contribution < -0.4 is 9.86 Å². The molecule has 0 spiro atoms. The molecule has 0 atom stereocenters. The smallest absolute Gasteiger partial charge is 0.240 e. The van der Waals surface area contributed by atoms with Crippen molar-refractivity contribution in [1.29, 1.82) is 0 Å². The predicted octanol–water partition coefficient (Wildman–Crippen LogP) is 1.04. The molecule has 10 heteroatoms. The first-order valence-corrected chi connectivity index (χ1v) is 11.0. The molecule has 0 aliphatic rings. The summed E-state index contributed by atoms with van der Waals surface area (Å²) in [6.07, 6.45) is 3.98. The van der Waals surface area contributed by atoms with Crippen molar-refractivity contribution in [2.75, 3.05) is 6.54 Å². The topological polar surface area (TPSA) is 124 Å². The number of nitrogens with two attached hydrogens (primary N) is 1. The molecule has 0 radical (unpaired) electrons. The van der Waals surface area contributed by atoms with Gasteiger partial charge in [0.1, 0.15) is 0 Å². The number of nitrogens with one attached hydrogen (secondary N) is 1. The lowest BCUT2D eigenvalue weighted by atomic mass is 10.2. The minimum absolute atomic E-state index is 0.0325. The highest BCUT2D eigenvalue weighted by molar-refractivity contribution is 7.89. The van der Waals surface area contributed by atoms with Gasteiger partial charge in [-0.2, -0.15) is 5.10 Å². The molecule has 3 N–H and O–H groups in total. The van der Waals surface area contributed by atoms with E-state index in [2.05, 4.69) is 9.82 Å². The Morgan fingerprint density at radius 3 is 2.19 bits per heavy atom. The number of primary sulfonamides is 1. The number of rotatable bonds is 7. The monoisotopic (exact) mass is 406 g/mol. The molecule has 0 amide bonds. The Hall–Kier alpha value is -2.53. The Bertz CT molecular complexity index is 1120. The molecule has 0 aliphatic carbocycles. The summed E-state index contributed by atoms with van der Waals surface area (Å²) in [5, 5.41) is 9.27. The maximum atomic E-state index is 12.3. The second-order valence-corrected chi connectivity index (χ2v) is 9.12. The van der Waals surface area contributed by atoms with Crippen LogP contribution >= 0.6 is 0 Å². The fourth-order valence-corrected chi connectivity index (χ4v) is 3.98. The predicted molar refractivity (Wildman–Crippen MR) is 100 cm³/mol. The van der Waals surface area contributed by atoms with Crippen LogP contribution in [0.4, 0.5) is 0 Å². The minimum atomic E-state index is -3.86. The normalized spacial score (nSPS) is 12.2. The standard InChI is InChI=1S/C17H18N4O4S2/c18-26(22,23)16-6-8-17(9-7-16)27(24,25)20-11-10-14-12-19-21(13-14)15-4-2-1-3-5-15/h1-9,12-13,20H,10-11H2,(H2,18,22,23). The average molecular weight is 406 g/mol. The highest BCUT2D eigenvalue weighted by Crippen LogP contribution is 2.13. The van der Waals surface area contributed by atoms with E-state index in [1.165, 1.54) is 12.1 Å². The van der Waals surface area contributed by atoms with Gasteiger partial charge >= 0.3 is 0 Å². The number of para-hydroxylation sites is 1. The lowest BCUT2D eigenvalue weighted by Crippen LogP contribution is -2.26. The third-order valence-corrected chi connectivity index (χ3v) is 6.23. The molecule has 0 unspecified atom stereocenters. The van der Waals surface area contributed by atoms with Crippen LogP contribution in [0.5, 0.6) is 0 Å². The van der Waals surface area contributed by atoms with Crippen molar-refractivity contribution in [3.63, 3.8) is 0 Å². The summed E-state index contributed by atoms with van der Waals surface area (Å²) in [5.41, 5.74) is 1.80. The molecule has 3 aromatic rings. The van der Waals surface area contributed by atoms with Gasteiger partial charge in [-0.25, -0.2) is 31.4 Å². The highest BCUT2D eigenvalue weighted by Gasteiger charge is 2.15. The van der Waals surface area contributed by atoms with Crippen molar-refractivity contribution < 1.29 is 16.8 Å². The number of aromatic nitrogens is 2. The van der Waals surface area contributed by atoms with Crippen LogP contribution in [0, 0.1) is 0 Å². The van der Waals surface area contributed by atoms with Crippen LogP contribution in [0.15, 0.2) is 76.8 Å².